The molecule has 1 aromatic carbocycles. The van der Waals surface area contributed by atoms with Crippen LogP contribution in [-0.4, -0.2) is 25.3 Å². The summed E-state index contributed by atoms with van der Waals surface area (Å²) in [6, 6.07) is 6.68. The van der Waals surface area contributed by atoms with Crippen LogP contribution in [0.4, 0.5) is 5.69 Å². The maximum Gasteiger partial charge on any atom is 0.294 e. The lowest BCUT2D eigenvalue weighted by Gasteiger charge is -2.10. The van der Waals surface area contributed by atoms with Crippen LogP contribution in [0.5, 0.6) is 11.5 Å². The number of methoxy groups -OCH3 is 2. The van der Waals surface area contributed by atoms with E-state index in [2.05, 4.69) is 10.5 Å². The monoisotopic (exact) mass is 262 g/mol. The smallest absolute Gasteiger partial charge is 0.294 e. The molecule has 1 N–H and O–H groups in total. The fraction of sp³-hybridized carbons (Fsp3) is 0.231. The van der Waals surface area contributed by atoms with Gasteiger partial charge in [0.15, 0.2) is 0 Å². The Morgan fingerprint density at radius 2 is 2.05 bits per heavy atom. The van der Waals surface area contributed by atoms with Crippen molar-refractivity contribution in [3.63, 3.8) is 0 Å². The number of nitrogens with one attached hydrogen (secondary N) is 1. The summed E-state index contributed by atoms with van der Waals surface area (Å²) in [5, 5.41) is 6.35. The van der Waals surface area contributed by atoms with Crippen molar-refractivity contribution in [2.75, 3.05) is 19.5 Å². The van der Waals surface area contributed by atoms with Gasteiger partial charge in [0.05, 0.1) is 25.6 Å². The zero-order valence-corrected chi connectivity index (χ0v) is 10.9. The number of carbonyl (C=O) groups is 1. The van der Waals surface area contributed by atoms with Gasteiger partial charge in [-0.3, -0.25) is 4.79 Å². The predicted molar refractivity (Wildman–Crippen MR) is 68.7 cm³/mol. The summed E-state index contributed by atoms with van der Waals surface area (Å²) in [6.45, 7) is 1.74. The van der Waals surface area contributed by atoms with E-state index in [0.29, 0.717) is 22.9 Å². The van der Waals surface area contributed by atoms with Crippen molar-refractivity contribution in [3.8, 4) is 11.5 Å². The van der Waals surface area contributed by atoms with Crippen LogP contribution in [-0.2, 0) is 0 Å². The summed E-state index contributed by atoms with van der Waals surface area (Å²) < 4.78 is 15.2. The van der Waals surface area contributed by atoms with Crippen molar-refractivity contribution in [2.45, 2.75) is 6.92 Å². The highest BCUT2D eigenvalue weighted by Crippen LogP contribution is 2.29. The fourth-order valence-electron chi connectivity index (χ4n) is 1.57. The van der Waals surface area contributed by atoms with E-state index in [1.807, 2.05) is 0 Å². The highest BCUT2D eigenvalue weighted by atomic mass is 16.5. The topological polar surface area (TPSA) is 73.6 Å². The number of aryl methyl sites for hydroxylation is 1. The summed E-state index contributed by atoms with van der Waals surface area (Å²) in [5.74, 6) is 0.893. The first-order chi connectivity index (χ1) is 9.13. The molecule has 0 saturated carbocycles. The molecule has 0 aliphatic heterocycles. The van der Waals surface area contributed by atoms with E-state index in [1.54, 1.807) is 38.3 Å². The quantitative estimate of drug-likeness (QED) is 0.914. The Morgan fingerprint density at radius 1 is 1.26 bits per heavy atom. The highest BCUT2D eigenvalue weighted by Gasteiger charge is 2.14. The lowest BCUT2D eigenvalue weighted by molar-refractivity contribution is 0.0987. The van der Waals surface area contributed by atoms with Gasteiger partial charge in [0, 0.05) is 12.1 Å². The third kappa shape index (κ3) is 2.85. The van der Waals surface area contributed by atoms with Crippen molar-refractivity contribution in [1.82, 2.24) is 5.16 Å². The number of ether oxygens (including phenoxy) is 2. The molecule has 6 nitrogen and oxygen atoms in total. The third-order valence-electron chi connectivity index (χ3n) is 2.51. The number of hydrogen-bond acceptors (Lipinski definition) is 5. The van der Waals surface area contributed by atoms with Crippen LogP contribution in [0.3, 0.4) is 0 Å². The molecule has 0 aliphatic carbocycles. The molecule has 0 spiro atoms. The largest absolute Gasteiger partial charge is 0.497 e. The third-order valence-corrected chi connectivity index (χ3v) is 2.51. The zero-order valence-electron chi connectivity index (χ0n) is 10.9. The van der Waals surface area contributed by atoms with E-state index >= 15 is 0 Å². The molecule has 19 heavy (non-hydrogen) atoms. The summed E-state index contributed by atoms with van der Waals surface area (Å²) in [7, 11) is 3.07. The van der Waals surface area contributed by atoms with Gasteiger partial charge in [0.1, 0.15) is 11.5 Å². The fourth-order valence-corrected chi connectivity index (χ4v) is 1.57. The number of anilines is 1. The lowest BCUT2D eigenvalue weighted by Crippen LogP contribution is -2.11. The minimum absolute atomic E-state index is 0.141. The molecule has 0 saturated heterocycles. The first-order valence-electron chi connectivity index (χ1n) is 5.60. The highest BCUT2D eigenvalue weighted by molar-refractivity contribution is 6.03. The molecule has 1 amide bonds. The van der Waals surface area contributed by atoms with E-state index < -0.39 is 5.91 Å². The first-order valence-corrected chi connectivity index (χ1v) is 5.60. The van der Waals surface area contributed by atoms with Crippen LogP contribution in [0.15, 0.2) is 28.8 Å². The Morgan fingerprint density at radius 3 is 2.63 bits per heavy atom. The van der Waals surface area contributed by atoms with Gasteiger partial charge in [-0.05, 0) is 19.1 Å². The standard InChI is InChI=1S/C13H14N2O4/c1-8-6-12(19-15-8)13(16)14-10-7-9(17-2)4-5-11(10)18-3/h4-7H,1-3H3,(H,14,16). The Hall–Kier alpha value is -2.50. The van der Waals surface area contributed by atoms with Crippen LogP contribution in [0.1, 0.15) is 16.2 Å². The van der Waals surface area contributed by atoms with Gasteiger partial charge in [-0.1, -0.05) is 5.16 Å². The number of rotatable bonds is 4. The van der Waals surface area contributed by atoms with Crippen molar-refractivity contribution >= 4 is 11.6 Å². The van der Waals surface area contributed by atoms with Crippen LogP contribution >= 0.6 is 0 Å². The Kier molecular flexibility index (Phi) is 3.70. The minimum atomic E-state index is -0.396. The first kappa shape index (κ1) is 12.9. The number of benzene rings is 1. The second kappa shape index (κ2) is 5.43. The molecule has 0 bridgehead atoms. The molecule has 2 rings (SSSR count). The van der Waals surface area contributed by atoms with Crippen molar-refractivity contribution < 1.29 is 18.8 Å². The summed E-state index contributed by atoms with van der Waals surface area (Å²) in [5.41, 5.74) is 1.14. The summed E-state index contributed by atoms with van der Waals surface area (Å²) in [6.07, 6.45) is 0. The molecular formula is C13H14N2O4. The van der Waals surface area contributed by atoms with E-state index in [4.69, 9.17) is 14.0 Å². The van der Waals surface area contributed by atoms with E-state index in [9.17, 15) is 4.79 Å². The van der Waals surface area contributed by atoms with Gasteiger partial charge in [0.2, 0.25) is 5.76 Å². The molecular weight excluding hydrogens is 248 g/mol. The molecule has 0 aliphatic rings. The van der Waals surface area contributed by atoms with E-state index in [0.717, 1.165) is 0 Å². The van der Waals surface area contributed by atoms with Crippen LogP contribution in [0, 0.1) is 6.92 Å². The number of nitrogens with zero attached hydrogens (tertiary/aromatic N) is 1. The summed E-state index contributed by atoms with van der Waals surface area (Å²) in [4.78, 5) is 12.0. The van der Waals surface area contributed by atoms with E-state index in [-0.39, 0.29) is 5.76 Å². The van der Waals surface area contributed by atoms with Gasteiger partial charge in [-0.25, -0.2) is 0 Å². The average molecular weight is 262 g/mol. The molecule has 0 fully saturated rings. The van der Waals surface area contributed by atoms with Gasteiger partial charge < -0.3 is 19.3 Å². The van der Waals surface area contributed by atoms with Crippen molar-refractivity contribution in [1.29, 1.82) is 0 Å². The Bertz CT molecular complexity index is 592. The van der Waals surface area contributed by atoms with Gasteiger partial charge in [-0.15, -0.1) is 0 Å². The number of amides is 1. The normalized spacial score (nSPS) is 10.1. The number of carbonyl (C=O) groups excluding carboxylic acids is 1. The van der Waals surface area contributed by atoms with Gasteiger partial charge in [0.25, 0.3) is 5.91 Å². The van der Waals surface area contributed by atoms with Crippen LogP contribution < -0.4 is 14.8 Å². The van der Waals surface area contributed by atoms with Gasteiger partial charge in [-0.2, -0.15) is 0 Å². The molecule has 100 valence electrons. The van der Waals surface area contributed by atoms with E-state index in [1.165, 1.54) is 7.11 Å². The van der Waals surface area contributed by atoms with Gasteiger partial charge >= 0.3 is 0 Å². The second-order valence-electron chi connectivity index (χ2n) is 3.85. The van der Waals surface area contributed by atoms with Crippen LogP contribution in [0.25, 0.3) is 0 Å². The number of hydrogen-bond donors (Lipinski definition) is 1. The molecule has 1 aromatic heterocycles. The van der Waals surface area contributed by atoms with Crippen LogP contribution in [0.2, 0.25) is 0 Å². The zero-order chi connectivity index (χ0) is 13.8. The maximum absolute atomic E-state index is 12.0. The molecule has 1 heterocycles. The minimum Gasteiger partial charge on any atom is -0.497 e. The molecule has 6 heteroatoms. The SMILES string of the molecule is COc1ccc(OC)c(NC(=O)c2cc(C)no2)c1. The molecule has 2 aromatic rings. The molecule has 0 radical (unpaired) electrons. The number of aromatic nitrogens is 1. The second-order valence-corrected chi connectivity index (χ2v) is 3.85. The molecule has 0 atom stereocenters. The average Bonchev–Trinajstić information content (AvgIpc) is 2.85. The van der Waals surface area contributed by atoms with Crippen molar-refractivity contribution in [3.05, 3.63) is 35.7 Å². The Balaban J connectivity index is 2.24. The maximum atomic E-state index is 12.0. The van der Waals surface area contributed by atoms with Crippen molar-refractivity contribution in [2.24, 2.45) is 0 Å². The molecule has 0 unspecified atom stereocenters. The predicted octanol–water partition coefficient (Wildman–Crippen LogP) is 2.25. The Labute approximate surface area is 110 Å². The lowest BCUT2D eigenvalue weighted by atomic mass is 10.2. The summed E-state index contributed by atoms with van der Waals surface area (Å²) >= 11 is 0.